The maximum absolute atomic E-state index is 5.98. The van der Waals surface area contributed by atoms with E-state index in [4.69, 9.17) is 11.6 Å². The van der Waals surface area contributed by atoms with Gasteiger partial charge in [0.15, 0.2) is 0 Å². The molecule has 1 heterocycles. The van der Waals surface area contributed by atoms with Crippen LogP contribution in [0.3, 0.4) is 0 Å². The molecule has 3 rings (SSSR count). The van der Waals surface area contributed by atoms with Crippen molar-refractivity contribution in [2.75, 3.05) is 5.32 Å². The van der Waals surface area contributed by atoms with E-state index in [2.05, 4.69) is 46.7 Å². The number of rotatable bonds is 5. The van der Waals surface area contributed by atoms with Gasteiger partial charge in [0.05, 0.1) is 6.04 Å². The van der Waals surface area contributed by atoms with Crippen molar-refractivity contribution in [3.8, 4) is 0 Å². The summed E-state index contributed by atoms with van der Waals surface area (Å²) < 4.78 is 0. The Morgan fingerprint density at radius 2 is 1.61 bits per heavy atom. The van der Waals surface area contributed by atoms with Crippen LogP contribution in [0.15, 0.2) is 85.1 Å². The maximum Gasteiger partial charge on any atom is 0.131 e. The smallest absolute Gasteiger partial charge is 0.131 e. The average Bonchev–Trinajstić information content (AvgIpc) is 2.60. The first-order valence-corrected chi connectivity index (χ1v) is 7.85. The Labute approximate surface area is 141 Å². The third kappa shape index (κ3) is 4.44. The average molecular weight is 321 g/mol. The molecule has 0 aliphatic carbocycles. The molecule has 1 aromatic heterocycles. The van der Waals surface area contributed by atoms with Crippen LogP contribution in [-0.4, -0.2) is 4.98 Å². The molecule has 114 valence electrons. The lowest BCUT2D eigenvalue weighted by molar-refractivity contribution is 0.988. The molecule has 0 spiro atoms. The van der Waals surface area contributed by atoms with E-state index < -0.39 is 0 Å². The predicted molar refractivity (Wildman–Crippen MR) is 97.5 cm³/mol. The third-order valence-electron chi connectivity index (χ3n) is 3.49. The molecular formula is C20H17ClN2. The van der Waals surface area contributed by atoms with Crippen LogP contribution in [0.5, 0.6) is 0 Å². The van der Waals surface area contributed by atoms with Crippen LogP contribution in [0.1, 0.15) is 17.2 Å². The molecule has 2 aromatic carbocycles. The van der Waals surface area contributed by atoms with Crippen LogP contribution < -0.4 is 5.32 Å². The number of hydrogen-bond donors (Lipinski definition) is 1. The molecule has 0 saturated carbocycles. The van der Waals surface area contributed by atoms with Crippen LogP contribution in [-0.2, 0) is 0 Å². The summed E-state index contributed by atoms with van der Waals surface area (Å²) in [5.41, 5.74) is 3.30. The maximum atomic E-state index is 5.98. The highest BCUT2D eigenvalue weighted by molar-refractivity contribution is 6.29. The largest absolute Gasteiger partial charge is 0.375 e. The van der Waals surface area contributed by atoms with E-state index in [1.807, 2.05) is 48.5 Å². The molecule has 1 unspecified atom stereocenters. The molecule has 0 amide bonds. The van der Waals surface area contributed by atoms with Gasteiger partial charge in [-0.1, -0.05) is 84.4 Å². The van der Waals surface area contributed by atoms with E-state index in [-0.39, 0.29) is 6.04 Å². The highest BCUT2D eigenvalue weighted by Gasteiger charge is 2.08. The molecule has 0 aliphatic heterocycles. The molecule has 0 fully saturated rings. The third-order valence-corrected chi connectivity index (χ3v) is 3.69. The van der Waals surface area contributed by atoms with Gasteiger partial charge in [-0.15, -0.1) is 0 Å². The molecule has 0 aliphatic rings. The Morgan fingerprint density at radius 3 is 2.30 bits per heavy atom. The summed E-state index contributed by atoms with van der Waals surface area (Å²) in [6, 6.07) is 24.4. The minimum Gasteiger partial charge on any atom is -0.375 e. The highest BCUT2D eigenvalue weighted by atomic mass is 35.5. The fourth-order valence-corrected chi connectivity index (χ4v) is 2.52. The van der Waals surface area contributed by atoms with Crippen molar-refractivity contribution in [3.05, 3.63) is 101 Å². The number of nitrogens with zero attached hydrogens (tertiary/aromatic N) is 1. The molecular weight excluding hydrogens is 304 g/mol. The van der Waals surface area contributed by atoms with E-state index in [9.17, 15) is 0 Å². The van der Waals surface area contributed by atoms with E-state index in [1.54, 1.807) is 6.20 Å². The van der Waals surface area contributed by atoms with Crippen LogP contribution in [0, 0.1) is 0 Å². The zero-order valence-electron chi connectivity index (χ0n) is 12.6. The van der Waals surface area contributed by atoms with Crippen LogP contribution in [0.2, 0.25) is 5.15 Å². The minimum atomic E-state index is 0.0508. The quantitative estimate of drug-likeness (QED) is 0.619. The lowest BCUT2D eigenvalue weighted by Crippen LogP contribution is -2.08. The summed E-state index contributed by atoms with van der Waals surface area (Å²) in [5, 5.41) is 3.98. The van der Waals surface area contributed by atoms with Crippen molar-refractivity contribution in [2.45, 2.75) is 6.04 Å². The van der Waals surface area contributed by atoms with Crippen LogP contribution in [0.25, 0.3) is 6.08 Å². The van der Waals surface area contributed by atoms with E-state index in [0.29, 0.717) is 5.15 Å². The topological polar surface area (TPSA) is 24.9 Å². The van der Waals surface area contributed by atoms with E-state index in [1.165, 1.54) is 11.1 Å². The molecule has 1 N–H and O–H groups in total. The van der Waals surface area contributed by atoms with Crippen molar-refractivity contribution < 1.29 is 0 Å². The Morgan fingerprint density at radius 1 is 0.913 bits per heavy atom. The SMILES string of the molecule is Clc1cc(NC(/C=C/c2ccccc2)c2ccccc2)ccn1. The Kier molecular flexibility index (Phi) is 5.07. The lowest BCUT2D eigenvalue weighted by Gasteiger charge is -2.17. The molecule has 3 heteroatoms. The second-order valence-electron chi connectivity index (χ2n) is 5.17. The number of benzene rings is 2. The summed E-state index contributed by atoms with van der Waals surface area (Å²) in [7, 11) is 0. The first kappa shape index (κ1) is 15.3. The van der Waals surface area contributed by atoms with Crippen molar-refractivity contribution >= 4 is 23.4 Å². The van der Waals surface area contributed by atoms with Crippen molar-refractivity contribution in [1.82, 2.24) is 4.98 Å². The van der Waals surface area contributed by atoms with Gasteiger partial charge in [0, 0.05) is 11.9 Å². The lowest BCUT2D eigenvalue weighted by atomic mass is 10.0. The Bertz CT molecular complexity index is 770. The standard InChI is InChI=1S/C20H17ClN2/c21-20-15-18(13-14-22-20)23-19(17-9-5-2-6-10-17)12-11-16-7-3-1-4-8-16/h1-15,19H,(H,22,23)/b12-11+. The highest BCUT2D eigenvalue weighted by Crippen LogP contribution is 2.23. The van der Waals surface area contributed by atoms with Crippen molar-refractivity contribution in [3.63, 3.8) is 0 Å². The monoisotopic (exact) mass is 320 g/mol. The van der Waals surface area contributed by atoms with Gasteiger partial charge in [-0.25, -0.2) is 4.98 Å². The van der Waals surface area contributed by atoms with Gasteiger partial charge in [0.1, 0.15) is 5.15 Å². The van der Waals surface area contributed by atoms with Gasteiger partial charge >= 0.3 is 0 Å². The van der Waals surface area contributed by atoms with Crippen molar-refractivity contribution in [1.29, 1.82) is 0 Å². The fourth-order valence-electron chi connectivity index (χ4n) is 2.35. The number of hydrogen-bond acceptors (Lipinski definition) is 2. The Balaban J connectivity index is 1.86. The number of nitrogens with one attached hydrogen (secondary N) is 1. The normalized spacial score (nSPS) is 12.2. The zero-order valence-corrected chi connectivity index (χ0v) is 13.3. The van der Waals surface area contributed by atoms with Crippen LogP contribution in [0.4, 0.5) is 5.69 Å². The second-order valence-corrected chi connectivity index (χ2v) is 5.56. The number of anilines is 1. The molecule has 3 aromatic rings. The summed E-state index contributed by atoms with van der Waals surface area (Å²) in [4.78, 5) is 4.02. The van der Waals surface area contributed by atoms with Crippen LogP contribution >= 0.6 is 11.6 Å². The molecule has 0 bridgehead atoms. The summed E-state index contributed by atoms with van der Waals surface area (Å²) >= 11 is 5.98. The first-order valence-electron chi connectivity index (χ1n) is 7.47. The first-order chi connectivity index (χ1) is 11.3. The van der Waals surface area contributed by atoms with Gasteiger partial charge in [0.2, 0.25) is 0 Å². The minimum absolute atomic E-state index is 0.0508. The summed E-state index contributed by atoms with van der Waals surface area (Å²) in [6.45, 7) is 0. The molecule has 2 nitrogen and oxygen atoms in total. The number of aromatic nitrogens is 1. The van der Waals surface area contributed by atoms with Gasteiger partial charge < -0.3 is 5.32 Å². The summed E-state index contributed by atoms with van der Waals surface area (Å²) in [6.07, 6.45) is 5.97. The van der Waals surface area contributed by atoms with Gasteiger partial charge in [-0.3, -0.25) is 0 Å². The van der Waals surface area contributed by atoms with Gasteiger partial charge in [-0.05, 0) is 23.3 Å². The summed E-state index contributed by atoms with van der Waals surface area (Å²) in [5.74, 6) is 0. The molecule has 0 saturated heterocycles. The zero-order chi connectivity index (χ0) is 15.9. The molecule has 0 radical (unpaired) electrons. The van der Waals surface area contributed by atoms with Gasteiger partial charge in [0.25, 0.3) is 0 Å². The fraction of sp³-hybridized carbons (Fsp3) is 0.0500. The molecule has 23 heavy (non-hydrogen) atoms. The second kappa shape index (κ2) is 7.61. The van der Waals surface area contributed by atoms with E-state index in [0.717, 1.165) is 5.69 Å². The number of halogens is 1. The van der Waals surface area contributed by atoms with Gasteiger partial charge in [-0.2, -0.15) is 0 Å². The Hall–Kier alpha value is -2.58. The van der Waals surface area contributed by atoms with Crippen molar-refractivity contribution in [2.24, 2.45) is 0 Å². The molecule has 1 atom stereocenters. The predicted octanol–water partition coefficient (Wildman–Crippen LogP) is 5.60. The number of pyridine rings is 1. The van der Waals surface area contributed by atoms with E-state index >= 15 is 0 Å².